The molecule has 4 aliphatic carbocycles. The van der Waals surface area contributed by atoms with Crippen molar-refractivity contribution in [2.24, 2.45) is 35.5 Å². The minimum Gasteiger partial charge on any atom is -0.426 e. The van der Waals surface area contributed by atoms with Crippen molar-refractivity contribution in [3.63, 3.8) is 0 Å². The highest BCUT2D eigenvalue weighted by molar-refractivity contribution is 9.10. The highest BCUT2D eigenvalue weighted by Crippen LogP contribution is 2.65. The topological polar surface area (TPSA) is 63.7 Å². The van der Waals surface area contributed by atoms with Gasteiger partial charge in [0.25, 0.3) is 0 Å². The van der Waals surface area contributed by atoms with Crippen LogP contribution in [0.4, 0.5) is 0 Å². The Morgan fingerprint density at radius 1 is 1.04 bits per heavy atom. The van der Waals surface area contributed by atoms with E-state index in [1.54, 1.807) is 24.3 Å². The molecule has 0 aromatic heterocycles. The molecule has 1 aromatic rings. The first-order chi connectivity index (χ1) is 12.5. The van der Waals surface area contributed by atoms with Crippen molar-refractivity contribution >= 4 is 33.7 Å². The predicted molar refractivity (Wildman–Crippen MR) is 95.8 cm³/mol. The molecule has 3 fully saturated rings. The molecule has 6 atom stereocenters. The second kappa shape index (κ2) is 5.78. The molecule has 0 radical (unpaired) electrons. The SMILES string of the molecule is O=C(CCN1C(=O)[C@@H]2[C@@H]3C=C[C@@H]([C@H]4C[C@H]34)[C@@H]2C1=O)Oc1ccc(Br)cc1. The van der Waals surface area contributed by atoms with E-state index in [2.05, 4.69) is 28.1 Å². The maximum Gasteiger partial charge on any atom is 0.312 e. The van der Waals surface area contributed by atoms with Gasteiger partial charge in [-0.3, -0.25) is 19.3 Å². The summed E-state index contributed by atoms with van der Waals surface area (Å²) >= 11 is 3.32. The number of ether oxygens (including phenoxy) is 1. The number of carbonyl (C=O) groups excluding carboxylic acids is 3. The standard InChI is InChI=1S/C20H18BrNO4/c21-10-1-3-11(4-2-10)26-16(23)7-8-22-19(24)17-12-5-6-13(15-9-14(12)15)18(17)20(22)25/h1-6,12-15,17-18H,7-9H2/t12-,13+,14-,15-,17-,18+/m1/s1. The van der Waals surface area contributed by atoms with E-state index in [9.17, 15) is 14.4 Å². The molecule has 1 heterocycles. The highest BCUT2D eigenvalue weighted by Gasteiger charge is 2.66. The van der Waals surface area contributed by atoms with Gasteiger partial charge in [-0.15, -0.1) is 0 Å². The monoisotopic (exact) mass is 415 g/mol. The summed E-state index contributed by atoms with van der Waals surface area (Å²) < 4.78 is 6.17. The van der Waals surface area contributed by atoms with Gasteiger partial charge in [0.05, 0.1) is 18.3 Å². The summed E-state index contributed by atoms with van der Waals surface area (Å²) in [6.07, 6.45) is 5.46. The minimum atomic E-state index is -0.438. The van der Waals surface area contributed by atoms with Gasteiger partial charge in [0.15, 0.2) is 0 Å². The van der Waals surface area contributed by atoms with Crippen molar-refractivity contribution < 1.29 is 19.1 Å². The zero-order valence-electron chi connectivity index (χ0n) is 14.0. The summed E-state index contributed by atoms with van der Waals surface area (Å²) in [5, 5.41) is 0. The molecule has 2 saturated carbocycles. The third-order valence-electron chi connectivity index (χ3n) is 6.34. The second-order valence-corrected chi connectivity index (χ2v) is 8.58. The maximum absolute atomic E-state index is 12.8. The molecule has 134 valence electrons. The van der Waals surface area contributed by atoms with Crippen LogP contribution in [0.25, 0.3) is 0 Å². The lowest BCUT2D eigenvalue weighted by atomic mass is 9.63. The van der Waals surface area contributed by atoms with Crippen LogP contribution in [0.1, 0.15) is 12.8 Å². The fourth-order valence-electron chi connectivity index (χ4n) is 5.13. The number of nitrogens with zero attached hydrogens (tertiary/aromatic N) is 1. The Hall–Kier alpha value is -1.95. The molecular formula is C20H18BrNO4. The number of esters is 1. The van der Waals surface area contributed by atoms with E-state index in [-0.39, 0.29) is 48.5 Å². The van der Waals surface area contributed by atoms with Gasteiger partial charge < -0.3 is 4.74 Å². The Morgan fingerprint density at radius 3 is 2.19 bits per heavy atom. The van der Waals surface area contributed by atoms with Crippen molar-refractivity contribution in [3.8, 4) is 5.75 Å². The number of likely N-dealkylation sites (tertiary alicyclic amines) is 1. The van der Waals surface area contributed by atoms with Gasteiger partial charge in [0.2, 0.25) is 11.8 Å². The molecule has 1 saturated heterocycles. The lowest BCUT2D eigenvalue weighted by molar-refractivity contribution is -0.141. The van der Waals surface area contributed by atoms with E-state index < -0.39 is 5.97 Å². The van der Waals surface area contributed by atoms with Crippen molar-refractivity contribution in [2.75, 3.05) is 6.54 Å². The van der Waals surface area contributed by atoms with Crippen molar-refractivity contribution in [1.82, 2.24) is 4.90 Å². The number of imide groups is 1. The van der Waals surface area contributed by atoms with Crippen molar-refractivity contribution in [2.45, 2.75) is 12.8 Å². The van der Waals surface area contributed by atoms with E-state index >= 15 is 0 Å². The van der Waals surface area contributed by atoms with E-state index in [1.165, 1.54) is 4.90 Å². The van der Waals surface area contributed by atoms with Crippen LogP contribution in [0.15, 0.2) is 40.9 Å². The van der Waals surface area contributed by atoms with Gasteiger partial charge in [-0.25, -0.2) is 0 Å². The van der Waals surface area contributed by atoms with Gasteiger partial charge >= 0.3 is 5.97 Å². The molecule has 6 rings (SSSR count). The number of amides is 2. The first kappa shape index (κ1) is 16.2. The van der Waals surface area contributed by atoms with Crippen molar-refractivity contribution in [1.29, 1.82) is 0 Å². The number of hydrogen-bond donors (Lipinski definition) is 0. The fraction of sp³-hybridized carbons (Fsp3) is 0.450. The Balaban J connectivity index is 1.24. The van der Waals surface area contributed by atoms with Crippen LogP contribution in [-0.2, 0) is 14.4 Å². The largest absolute Gasteiger partial charge is 0.426 e. The Bertz CT molecular complexity index is 797. The molecule has 26 heavy (non-hydrogen) atoms. The lowest BCUT2D eigenvalue weighted by Gasteiger charge is -2.37. The average molecular weight is 416 g/mol. The molecule has 1 aliphatic heterocycles. The summed E-state index contributed by atoms with van der Waals surface area (Å²) in [6, 6.07) is 6.96. The summed E-state index contributed by atoms with van der Waals surface area (Å²) in [4.78, 5) is 39.0. The smallest absolute Gasteiger partial charge is 0.312 e. The summed E-state index contributed by atoms with van der Waals surface area (Å²) in [5.74, 6) is 1.02. The third kappa shape index (κ3) is 2.38. The average Bonchev–Trinajstić information content (AvgIpc) is 3.41. The van der Waals surface area contributed by atoms with Crippen LogP contribution in [0.5, 0.6) is 5.75 Å². The van der Waals surface area contributed by atoms with Crippen LogP contribution in [-0.4, -0.2) is 29.2 Å². The van der Waals surface area contributed by atoms with Crippen LogP contribution < -0.4 is 4.74 Å². The zero-order valence-corrected chi connectivity index (χ0v) is 15.6. The van der Waals surface area contributed by atoms with E-state index in [1.807, 2.05) is 0 Å². The second-order valence-electron chi connectivity index (χ2n) is 7.66. The number of carbonyl (C=O) groups is 3. The van der Waals surface area contributed by atoms with Gasteiger partial charge in [-0.05, 0) is 54.4 Å². The van der Waals surface area contributed by atoms with Gasteiger partial charge in [0.1, 0.15) is 5.75 Å². The molecular weight excluding hydrogens is 398 g/mol. The molecule has 0 unspecified atom stereocenters. The first-order valence-electron chi connectivity index (χ1n) is 9.04. The Morgan fingerprint density at radius 2 is 1.62 bits per heavy atom. The molecule has 6 heteroatoms. The molecule has 2 bridgehead atoms. The van der Waals surface area contributed by atoms with Crippen LogP contribution >= 0.6 is 15.9 Å². The summed E-state index contributed by atoms with van der Waals surface area (Å²) in [6.45, 7) is 0.106. The van der Waals surface area contributed by atoms with Gasteiger partial charge in [-0.2, -0.15) is 0 Å². The zero-order chi connectivity index (χ0) is 18.0. The number of rotatable bonds is 4. The van der Waals surface area contributed by atoms with Crippen molar-refractivity contribution in [3.05, 3.63) is 40.9 Å². The minimum absolute atomic E-state index is 0.0165. The quantitative estimate of drug-likeness (QED) is 0.328. The van der Waals surface area contributed by atoms with Crippen LogP contribution in [0.3, 0.4) is 0 Å². The lowest BCUT2D eigenvalue weighted by Crippen LogP contribution is -2.40. The fourth-order valence-corrected chi connectivity index (χ4v) is 5.39. The molecule has 2 amide bonds. The normalized spacial score (nSPS) is 36.1. The third-order valence-corrected chi connectivity index (χ3v) is 6.87. The van der Waals surface area contributed by atoms with E-state index in [0.717, 1.165) is 10.9 Å². The van der Waals surface area contributed by atoms with E-state index in [0.29, 0.717) is 17.6 Å². The molecule has 1 aromatic carbocycles. The number of hydrogen-bond acceptors (Lipinski definition) is 4. The number of allylic oxidation sites excluding steroid dienone is 2. The summed E-state index contributed by atoms with van der Waals surface area (Å²) in [5.41, 5.74) is 0. The number of halogens is 1. The molecule has 5 nitrogen and oxygen atoms in total. The summed E-state index contributed by atoms with van der Waals surface area (Å²) in [7, 11) is 0. The Kier molecular flexibility index (Phi) is 3.61. The van der Waals surface area contributed by atoms with Gasteiger partial charge in [0, 0.05) is 11.0 Å². The van der Waals surface area contributed by atoms with Gasteiger partial charge in [-0.1, -0.05) is 28.1 Å². The molecule has 5 aliphatic rings. The highest BCUT2D eigenvalue weighted by atomic mass is 79.9. The van der Waals surface area contributed by atoms with E-state index in [4.69, 9.17) is 4.74 Å². The molecule has 0 spiro atoms. The van der Waals surface area contributed by atoms with Crippen LogP contribution in [0, 0.1) is 35.5 Å². The van der Waals surface area contributed by atoms with Crippen LogP contribution in [0.2, 0.25) is 0 Å². The Labute approximate surface area is 159 Å². The maximum atomic E-state index is 12.8. The first-order valence-corrected chi connectivity index (χ1v) is 9.83. The number of benzene rings is 1. The molecule has 0 N–H and O–H groups in total. The predicted octanol–water partition coefficient (Wildman–Crippen LogP) is 2.80.